The molecule has 2 aromatic carbocycles. The van der Waals surface area contributed by atoms with Gasteiger partial charge in [0.15, 0.2) is 0 Å². The maximum absolute atomic E-state index is 14.3. The number of anilines is 1. The van der Waals surface area contributed by atoms with Crippen molar-refractivity contribution in [2.75, 3.05) is 19.0 Å². The van der Waals surface area contributed by atoms with Gasteiger partial charge in [-0.25, -0.2) is 0 Å². The highest BCUT2D eigenvalue weighted by molar-refractivity contribution is 9.10. The van der Waals surface area contributed by atoms with E-state index in [1.807, 2.05) is 36.4 Å². The van der Waals surface area contributed by atoms with Crippen molar-refractivity contribution in [1.82, 2.24) is 5.32 Å². The van der Waals surface area contributed by atoms with Crippen LogP contribution in [0.1, 0.15) is 43.9 Å². The highest BCUT2D eigenvalue weighted by atomic mass is 79.9. The van der Waals surface area contributed by atoms with Crippen molar-refractivity contribution < 1.29 is 23.9 Å². The predicted octanol–water partition coefficient (Wildman–Crippen LogP) is 6.45. The van der Waals surface area contributed by atoms with Crippen LogP contribution in [0.15, 0.2) is 64.1 Å². The molecule has 1 aliphatic carbocycles. The molecule has 1 fully saturated rings. The second-order valence-electron chi connectivity index (χ2n) is 11.0. The number of ether oxygens (including phenoxy) is 2. The zero-order chi connectivity index (χ0) is 28.8. The number of rotatable bonds is 6. The lowest BCUT2D eigenvalue weighted by molar-refractivity contribution is -0.152. The molecule has 0 bridgehead atoms. The van der Waals surface area contributed by atoms with Crippen LogP contribution in [-0.2, 0) is 24.5 Å². The lowest BCUT2D eigenvalue weighted by Crippen LogP contribution is -2.59. The van der Waals surface area contributed by atoms with Crippen LogP contribution in [0.3, 0.4) is 0 Å². The number of esters is 1. The Hall–Kier alpha value is -2.81. The van der Waals surface area contributed by atoms with E-state index in [0.29, 0.717) is 33.5 Å². The summed E-state index contributed by atoms with van der Waals surface area (Å²) in [5, 5.41) is 7.24. The molecule has 5 rings (SSSR count). The van der Waals surface area contributed by atoms with Gasteiger partial charge in [-0.3, -0.25) is 14.4 Å². The molecule has 1 spiro atoms. The van der Waals surface area contributed by atoms with Crippen LogP contribution in [0.25, 0.3) is 0 Å². The smallest absolute Gasteiger partial charge is 0.314 e. The number of allylic oxidation sites excluding steroid dienone is 4. The van der Waals surface area contributed by atoms with E-state index in [2.05, 4.69) is 26.6 Å². The molecule has 0 radical (unpaired) electrons. The fraction of sp³-hybridized carbons (Fsp3) is 0.367. The molecule has 2 aliphatic heterocycles. The van der Waals surface area contributed by atoms with Crippen molar-refractivity contribution in [2.24, 2.45) is 17.3 Å². The SMILES string of the molecule is COC(=O)C(C)(C)COc1ccc(Br)cc1[C@H]1NC(=O)C[C@@H](C2C=C(Cl)C=CC2)[C@]12C(=O)Nc1cc(Cl)ccc12. The molecule has 2 N–H and O–H groups in total. The maximum Gasteiger partial charge on any atom is 0.314 e. The monoisotopic (exact) mass is 646 g/mol. The Bertz CT molecular complexity index is 1460. The van der Waals surface area contributed by atoms with Crippen LogP contribution in [0, 0.1) is 17.3 Å². The third-order valence-corrected chi connectivity index (χ3v) is 8.97. The van der Waals surface area contributed by atoms with Crippen LogP contribution in [-0.4, -0.2) is 31.5 Å². The van der Waals surface area contributed by atoms with Crippen molar-refractivity contribution in [2.45, 2.75) is 38.1 Å². The Balaban J connectivity index is 1.69. The first-order valence-corrected chi connectivity index (χ1v) is 14.5. The van der Waals surface area contributed by atoms with E-state index in [1.165, 1.54) is 7.11 Å². The molecule has 2 heterocycles. The first-order chi connectivity index (χ1) is 19.0. The van der Waals surface area contributed by atoms with Gasteiger partial charge in [0.25, 0.3) is 0 Å². The minimum Gasteiger partial charge on any atom is -0.492 e. The number of piperidine rings is 1. The Morgan fingerprint density at radius 3 is 2.67 bits per heavy atom. The number of benzene rings is 2. The third-order valence-electron chi connectivity index (χ3n) is 7.99. The number of hydrogen-bond donors (Lipinski definition) is 2. The zero-order valence-electron chi connectivity index (χ0n) is 22.2. The number of carbonyl (C=O) groups is 3. The van der Waals surface area contributed by atoms with Gasteiger partial charge < -0.3 is 20.1 Å². The number of hydrogen-bond acceptors (Lipinski definition) is 5. The topological polar surface area (TPSA) is 93.7 Å². The zero-order valence-corrected chi connectivity index (χ0v) is 25.3. The Morgan fingerprint density at radius 1 is 1.18 bits per heavy atom. The maximum atomic E-state index is 14.3. The molecule has 40 heavy (non-hydrogen) atoms. The predicted molar refractivity (Wildman–Crippen MR) is 157 cm³/mol. The van der Waals surface area contributed by atoms with Crippen LogP contribution in [0.2, 0.25) is 5.02 Å². The molecule has 210 valence electrons. The van der Waals surface area contributed by atoms with Gasteiger partial charge in [-0.1, -0.05) is 57.4 Å². The van der Waals surface area contributed by atoms with Crippen molar-refractivity contribution in [3.05, 3.63) is 80.3 Å². The Labute approximate surface area is 251 Å². The summed E-state index contributed by atoms with van der Waals surface area (Å²) in [5.74, 6) is -0.990. The summed E-state index contributed by atoms with van der Waals surface area (Å²) in [6.45, 7) is 3.48. The standard InChI is InChI=1S/C30H29BrCl2N2O5/c1-29(2,28(38)39-3)15-40-24-10-7-17(31)12-20(24)26-30(21-9-8-19(33)13-23(21)34-27(30)37)22(14-25(36)35-26)16-5-4-6-18(32)11-16/h4,6-13,16,22,26H,5,14-15H2,1-3H3,(H,34,37)(H,35,36)/t16?,22-,26+,30-/m0/s1. The average molecular weight is 648 g/mol. The minimum absolute atomic E-state index is 0.0234. The van der Waals surface area contributed by atoms with Gasteiger partial charge in [0, 0.05) is 32.2 Å². The number of methoxy groups -OCH3 is 1. The lowest BCUT2D eigenvalue weighted by Gasteiger charge is -2.49. The van der Waals surface area contributed by atoms with E-state index >= 15 is 0 Å². The van der Waals surface area contributed by atoms with Crippen LogP contribution in [0.4, 0.5) is 5.69 Å². The largest absolute Gasteiger partial charge is 0.492 e. The molecule has 3 aliphatic rings. The molecule has 10 heteroatoms. The normalized spacial score (nSPS) is 25.6. The molecule has 7 nitrogen and oxygen atoms in total. The molecule has 2 amide bonds. The van der Waals surface area contributed by atoms with Gasteiger partial charge in [0.2, 0.25) is 11.8 Å². The quantitative estimate of drug-likeness (QED) is 0.352. The highest BCUT2D eigenvalue weighted by Gasteiger charge is 2.62. The van der Waals surface area contributed by atoms with E-state index in [-0.39, 0.29) is 30.8 Å². The van der Waals surface area contributed by atoms with Gasteiger partial charge in [-0.05, 0) is 74.1 Å². The van der Waals surface area contributed by atoms with Crippen LogP contribution in [0.5, 0.6) is 5.75 Å². The van der Waals surface area contributed by atoms with E-state index in [9.17, 15) is 14.4 Å². The number of amides is 2. The minimum atomic E-state index is -1.20. The van der Waals surface area contributed by atoms with Gasteiger partial charge in [-0.2, -0.15) is 0 Å². The van der Waals surface area contributed by atoms with Gasteiger partial charge in [-0.15, -0.1) is 0 Å². The van der Waals surface area contributed by atoms with E-state index in [4.69, 9.17) is 32.7 Å². The Kier molecular flexibility index (Phi) is 7.81. The first-order valence-electron chi connectivity index (χ1n) is 12.9. The molecule has 1 unspecified atom stereocenters. The van der Waals surface area contributed by atoms with Crippen LogP contribution < -0.4 is 15.4 Å². The number of fused-ring (bicyclic) bond motifs is 2. The summed E-state index contributed by atoms with van der Waals surface area (Å²) in [4.78, 5) is 40.0. The fourth-order valence-corrected chi connectivity index (χ4v) is 6.92. The van der Waals surface area contributed by atoms with Crippen molar-refractivity contribution in [3.63, 3.8) is 0 Å². The molecular formula is C30H29BrCl2N2O5. The average Bonchev–Trinajstić information content (AvgIpc) is 3.19. The van der Waals surface area contributed by atoms with Gasteiger partial charge >= 0.3 is 5.97 Å². The molecule has 0 saturated carbocycles. The summed E-state index contributed by atoms with van der Waals surface area (Å²) < 4.78 is 11.9. The second-order valence-corrected chi connectivity index (χ2v) is 12.8. The van der Waals surface area contributed by atoms with Gasteiger partial charge in [0.05, 0.1) is 18.6 Å². The summed E-state index contributed by atoms with van der Waals surface area (Å²) in [6.07, 6.45) is 6.50. The number of halogens is 3. The summed E-state index contributed by atoms with van der Waals surface area (Å²) >= 11 is 16.3. The summed E-state index contributed by atoms with van der Waals surface area (Å²) in [5.41, 5.74) is -0.175. The molecular weight excluding hydrogens is 619 g/mol. The number of nitrogens with one attached hydrogen (secondary N) is 2. The summed E-state index contributed by atoms with van der Waals surface area (Å²) in [6, 6.07) is 9.98. The highest BCUT2D eigenvalue weighted by Crippen LogP contribution is 2.58. The molecule has 0 aromatic heterocycles. The second kappa shape index (κ2) is 10.9. The summed E-state index contributed by atoms with van der Waals surface area (Å²) in [7, 11) is 1.33. The fourth-order valence-electron chi connectivity index (χ4n) is 6.12. The van der Waals surface area contributed by atoms with Gasteiger partial charge in [0.1, 0.15) is 17.8 Å². The van der Waals surface area contributed by atoms with E-state index in [0.717, 1.165) is 10.0 Å². The van der Waals surface area contributed by atoms with E-state index in [1.54, 1.807) is 32.0 Å². The number of carbonyl (C=O) groups excluding carboxylic acids is 3. The Morgan fingerprint density at radius 2 is 1.95 bits per heavy atom. The van der Waals surface area contributed by atoms with Crippen molar-refractivity contribution in [3.8, 4) is 5.75 Å². The lowest BCUT2D eigenvalue weighted by atomic mass is 9.57. The van der Waals surface area contributed by atoms with Crippen molar-refractivity contribution in [1.29, 1.82) is 0 Å². The molecule has 1 saturated heterocycles. The third kappa shape index (κ3) is 4.95. The molecule has 4 atom stereocenters. The van der Waals surface area contributed by atoms with E-state index < -0.39 is 28.8 Å². The van der Waals surface area contributed by atoms with Crippen LogP contribution >= 0.6 is 39.1 Å². The first kappa shape index (κ1) is 28.7. The van der Waals surface area contributed by atoms with Crippen molar-refractivity contribution >= 4 is 62.6 Å². The molecule has 2 aromatic rings.